The fourth-order valence-corrected chi connectivity index (χ4v) is 2.26. The quantitative estimate of drug-likeness (QED) is 0.771. The van der Waals surface area contributed by atoms with E-state index in [2.05, 4.69) is 24.1 Å². The van der Waals surface area contributed by atoms with Crippen molar-refractivity contribution in [2.45, 2.75) is 26.5 Å². The van der Waals surface area contributed by atoms with Gasteiger partial charge in [0.1, 0.15) is 6.61 Å². The van der Waals surface area contributed by atoms with Gasteiger partial charge in [0.25, 0.3) is 0 Å². The topological polar surface area (TPSA) is 60.0 Å². The summed E-state index contributed by atoms with van der Waals surface area (Å²) in [6, 6.07) is 7.37. The highest BCUT2D eigenvalue weighted by molar-refractivity contribution is 5.85. The summed E-state index contributed by atoms with van der Waals surface area (Å²) < 4.78 is 16.3. The van der Waals surface area contributed by atoms with E-state index in [1.54, 1.807) is 6.07 Å². The molecule has 0 spiro atoms. The Balaban J connectivity index is 0.00000264. The molecule has 23 heavy (non-hydrogen) atoms. The van der Waals surface area contributed by atoms with Crippen molar-refractivity contribution in [2.75, 3.05) is 32.8 Å². The average molecular weight is 345 g/mol. The van der Waals surface area contributed by atoms with Crippen LogP contribution < -0.4 is 14.8 Å². The molecule has 0 radical (unpaired) electrons. The first-order chi connectivity index (χ1) is 10.7. The van der Waals surface area contributed by atoms with Crippen LogP contribution in [0.15, 0.2) is 24.3 Å². The Morgan fingerprint density at radius 3 is 2.70 bits per heavy atom. The lowest BCUT2D eigenvalue weighted by atomic mass is 10.3. The Kier molecular flexibility index (Phi) is 8.58. The maximum absolute atomic E-state index is 11.7. The van der Waals surface area contributed by atoms with Crippen LogP contribution in [-0.4, -0.2) is 50.1 Å². The monoisotopic (exact) mass is 344 g/mol. The first kappa shape index (κ1) is 19.4. The first-order valence-corrected chi connectivity index (χ1v) is 7.77. The molecule has 1 heterocycles. The highest BCUT2D eigenvalue weighted by Crippen LogP contribution is 2.30. The zero-order valence-corrected chi connectivity index (χ0v) is 14.4. The van der Waals surface area contributed by atoms with Crippen LogP contribution in [0, 0.1) is 0 Å². The molecular formula is C16H25ClN2O4. The molecule has 0 aliphatic carbocycles. The number of carbonyl (C=O) groups excluding carboxylic acids is 1. The summed E-state index contributed by atoms with van der Waals surface area (Å²) in [6.45, 7) is 7.85. The molecule has 1 aliphatic heterocycles. The predicted octanol–water partition coefficient (Wildman–Crippen LogP) is 2.66. The molecule has 1 aromatic carbocycles. The van der Waals surface area contributed by atoms with Crippen LogP contribution in [-0.2, 0) is 4.74 Å². The third-order valence-corrected chi connectivity index (χ3v) is 3.53. The molecule has 1 unspecified atom stereocenters. The highest BCUT2D eigenvalue weighted by atomic mass is 35.5. The zero-order valence-electron chi connectivity index (χ0n) is 13.6. The SMILES string of the molecule is CCN(CC)CCCOC(=O)NC1COc2ccccc2O1.Cl. The van der Waals surface area contributed by atoms with Gasteiger partial charge in [-0.25, -0.2) is 4.79 Å². The number of para-hydroxylation sites is 2. The molecule has 1 aromatic rings. The van der Waals surface area contributed by atoms with Gasteiger partial charge in [-0.2, -0.15) is 0 Å². The standard InChI is InChI=1S/C16H24N2O4.ClH/c1-3-18(4-2)10-7-11-20-16(19)17-15-12-21-13-8-5-6-9-14(13)22-15;/h5-6,8-9,15H,3-4,7,10-12H2,1-2H3,(H,17,19);1H. The van der Waals surface area contributed by atoms with E-state index < -0.39 is 12.3 Å². The number of rotatable bonds is 7. The average Bonchev–Trinajstić information content (AvgIpc) is 2.55. The van der Waals surface area contributed by atoms with Crippen molar-refractivity contribution >= 4 is 18.5 Å². The van der Waals surface area contributed by atoms with Gasteiger partial charge in [-0.1, -0.05) is 26.0 Å². The van der Waals surface area contributed by atoms with Crippen LogP contribution in [0.25, 0.3) is 0 Å². The number of hydrogen-bond donors (Lipinski definition) is 1. The van der Waals surface area contributed by atoms with Gasteiger partial charge in [0.05, 0.1) is 6.61 Å². The smallest absolute Gasteiger partial charge is 0.410 e. The molecule has 0 fully saturated rings. The lowest BCUT2D eigenvalue weighted by Gasteiger charge is -2.26. The van der Waals surface area contributed by atoms with E-state index in [0.29, 0.717) is 18.1 Å². The number of carbonyl (C=O) groups is 1. The van der Waals surface area contributed by atoms with Gasteiger partial charge in [0.2, 0.25) is 6.23 Å². The largest absolute Gasteiger partial charge is 0.484 e. The number of alkyl carbamates (subject to hydrolysis) is 1. The number of benzene rings is 1. The Morgan fingerprint density at radius 1 is 1.30 bits per heavy atom. The number of hydrogen-bond acceptors (Lipinski definition) is 5. The molecule has 0 bridgehead atoms. The normalized spacial score (nSPS) is 15.7. The van der Waals surface area contributed by atoms with Crippen molar-refractivity contribution in [3.05, 3.63) is 24.3 Å². The third-order valence-electron chi connectivity index (χ3n) is 3.53. The number of nitrogens with one attached hydrogen (secondary N) is 1. The van der Waals surface area contributed by atoms with Crippen molar-refractivity contribution < 1.29 is 19.0 Å². The predicted molar refractivity (Wildman–Crippen MR) is 90.5 cm³/mol. The minimum Gasteiger partial charge on any atom is -0.484 e. The van der Waals surface area contributed by atoms with Gasteiger partial charge in [-0.15, -0.1) is 12.4 Å². The molecule has 1 aliphatic rings. The Hall–Kier alpha value is -1.66. The van der Waals surface area contributed by atoms with Gasteiger partial charge in [0, 0.05) is 6.54 Å². The van der Waals surface area contributed by atoms with E-state index in [-0.39, 0.29) is 19.0 Å². The summed E-state index contributed by atoms with van der Waals surface area (Å²) in [5.74, 6) is 1.31. The minimum atomic E-state index is -0.523. The summed E-state index contributed by atoms with van der Waals surface area (Å²) in [5, 5.41) is 2.65. The van der Waals surface area contributed by atoms with Crippen molar-refractivity contribution in [3.63, 3.8) is 0 Å². The summed E-state index contributed by atoms with van der Waals surface area (Å²) in [6.07, 6.45) is -0.183. The van der Waals surface area contributed by atoms with Crippen molar-refractivity contribution in [1.82, 2.24) is 10.2 Å². The van der Waals surface area contributed by atoms with Crippen LogP contribution in [0.2, 0.25) is 0 Å². The lowest BCUT2D eigenvalue weighted by Crippen LogP contribution is -2.45. The van der Waals surface area contributed by atoms with E-state index in [9.17, 15) is 4.79 Å². The van der Waals surface area contributed by atoms with Gasteiger partial charge in [-0.05, 0) is 31.6 Å². The van der Waals surface area contributed by atoms with E-state index >= 15 is 0 Å². The van der Waals surface area contributed by atoms with Crippen LogP contribution in [0.4, 0.5) is 4.79 Å². The summed E-state index contributed by atoms with van der Waals surface area (Å²) in [7, 11) is 0. The number of nitrogens with zero attached hydrogens (tertiary/aromatic N) is 1. The van der Waals surface area contributed by atoms with Crippen molar-refractivity contribution in [3.8, 4) is 11.5 Å². The first-order valence-electron chi connectivity index (χ1n) is 7.77. The van der Waals surface area contributed by atoms with E-state index in [1.165, 1.54) is 0 Å². The van der Waals surface area contributed by atoms with E-state index in [0.717, 1.165) is 26.1 Å². The molecule has 7 heteroatoms. The fourth-order valence-electron chi connectivity index (χ4n) is 2.26. The third kappa shape index (κ3) is 6.15. The Morgan fingerprint density at radius 2 is 2.00 bits per heavy atom. The second kappa shape index (κ2) is 10.2. The Labute approximate surface area is 143 Å². The second-order valence-electron chi connectivity index (χ2n) is 5.02. The highest BCUT2D eigenvalue weighted by Gasteiger charge is 2.22. The summed E-state index contributed by atoms with van der Waals surface area (Å²) in [5.41, 5.74) is 0. The van der Waals surface area contributed by atoms with Gasteiger partial charge < -0.3 is 19.1 Å². The van der Waals surface area contributed by atoms with E-state index in [1.807, 2.05) is 18.2 Å². The molecule has 1 atom stereocenters. The summed E-state index contributed by atoms with van der Waals surface area (Å²) in [4.78, 5) is 14.0. The van der Waals surface area contributed by atoms with E-state index in [4.69, 9.17) is 14.2 Å². The van der Waals surface area contributed by atoms with Crippen LogP contribution >= 0.6 is 12.4 Å². The molecule has 1 amide bonds. The molecule has 6 nitrogen and oxygen atoms in total. The number of amides is 1. The van der Waals surface area contributed by atoms with Gasteiger partial charge in [0.15, 0.2) is 11.5 Å². The molecule has 1 N–H and O–H groups in total. The maximum atomic E-state index is 11.7. The molecule has 0 saturated carbocycles. The zero-order chi connectivity index (χ0) is 15.8. The minimum absolute atomic E-state index is 0. The van der Waals surface area contributed by atoms with Crippen LogP contribution in [0.5, 0.6) is 11.5 Å². The number of ether oxygens (including phenoxy) is 3. The Bertz CT molecular complexity index is 483. The summed E-state index contributed by atoms with van der Waals surface area (Å²) >= 11 is 0. The fraction of sp³-hybridized carbons (Fsp3) is 0.562. The second-order valence-corrected chi connectivity index (χ2v) is 5.02. The van der Waals surface area contributed by atoms with Crippen LogP contribution in [0.3, 0.4) is 0 Å². The molecule has 2 rings (SSSR count). The van der Waals surface area contributed by atoms with Crippen LogP contribution in [0.1, 0.15) is 20.3 Å². The molecule has 0 saturated heterocycles. The number of halogens is 1. The maximum Gasteiger partial charge on any atom is 0.410 e. The van der Waals surface area contributed by atoms with Gasteiger partial charge in [-0.3, -0.25) is 5.32 Å². The molecule has 130 valence electrons. The number of fused-ring (bicyclic) bond motifs is 1. The van der Waals surface area contributed by atoms with Crippen molar-refractivity contribution in [2.24, 2.45) is 0 Å². The van der Waals surface area contributed by atoms with Gasteiger partial charge >= 0.3 is 6.09 Å². The van der Waals surface area contributed by atoms with Crippen molar-refractivity contribution in [1.29, 1.82) is 0 Å². The molecule has 0 aromatic heterocycles. The lowest BCUT2D eigenvalue weighted by molar-refractivity contribution is 0.0563. The molecular weight excluding hydrogens is 320 g/mol.